The van der Waals surface area contributed by atoms with Crippen molar-refractivity contribution in [2.45, 2.75) is 19.9 Å². The second-order valence-corrected chi connectivity index (χ2v) is 8.14. The number of benzene rings is 2. The molecule has 0 aliphatic rings. The topological polar surface area (TPSA) is 129 Å². The van der Waals surface area contributed by atoms with E-state index in [0.29, 0.717) is 28.2 Å². The first-order valence-electron chi connectivity index (χ1n) is 11.3. The Hall–Kier alpha value is -5.04. The van der Waals surface area contributed by atoms with Crippen LogP contribution in [0.5, 0.6) is 0 Å². The van der Waals surface area contributed by atoms with E-state index in [1.807, 2.05) is 61.5 Å². The summed E-state index contributed by atoms with van der Waals surface area (Å²) in [6, 6.07) is 16.8. The number of aromatic nitrogens is 7. The number of anilines is 2. The van der Waals surface area contributed by atoms with Crippen molar-refractivity contribution in [3.05, 3.63) is 82.5 Å². The number of hydrogen-bond acceptors (Lipinski definition) is 8. The van der Waals surface area contributed by atoms with E-state index in [-0.39, 0.29) is 17.4 Å². The zero-order valence-corrected chi connectivity index (χ0v) is 20.0. The molecule has 0 aliphatic carbocycles. The van der Waals surface area contributed by atoms with Crippen molar-refractivity contribution >= 4 is 22.4 Å². The van der Waals surface area contributed by atoms with Gasteiger partial charge in [0.1, 0.15) is 23.5 Å². The van der Waals surface area contributed by atoms with Crippen LogP contribution in [0.15, 0.2) is 65.7 Å². The molecule has 0 spiro atoms. The average Bonchev–Trinajstić information content (AvgIpc) is 3.30. The van der Waals surface area contributed by atoms with Gasteiger partial charge in [-0.15, -0.1) is 16.1 Å². The minimum atomic E-state index is -0.368. The van der Waals surface area contributed by atoms with Gasteiger partial charge in [0.15, 0.2) is 0 Å². The molecule has 5 aromatic rings. The number of para-hydroxylation sites is 1. The normalized spacial score (nSPS) is 11.6. The molecule has 10 heteroatoms. The molecule has 3 heterocycles. The van der Waals surface area contributed by atoms with Gasteiger partial charge in [0.05, 0.1) is 18.5 Å². The fourth-order valence-electron chi connectivity index (χ4n) is 4.18. The molecule has 0 amide bonds. The van der Waals surface area contributed by atoms with Crippen molar-refractivity contribution < 1.29 is 0 Å². The molecule has 0 fully saturated rings. The van der Waals surface area contributed by atoms with Gasteiger partial charge in [-0.2, -0.15) is 4.80 Å². The smallest absolute Gasteiger partial charge is 0.264 e. The molecule has 0 saturated heterocycles. The SMILES string of the molecule is CC#Cc1cccc2cc([C@H](C)Nc3ncnc(N)c3-c3nnn(C)n3)n(-c3ccccc3)c(=O)c12. The molecule has 3 N–H and O–H groups in total. The van der Waals surface area contributed by atoms with Gasteiger partial charge in [0.25, 0.3) is 5.56 Å². The Balaban J connectivity index is 1.70. The standard InChI is InChI=1S/C26H23N9O/c1-4-9-17-10-8-11-18-14-20(35(26(36)21(17)18)19-12-6-5-7-13-19)16(2)30-24-22(23(27)28-15-29-24)25-31-33-34(3)32-25/h5-8,10-16H,1-3H3,(H3,27,28,29,30)/t16-/m0/s1. The number of hydrogen-bond donors (Lipinski definition) is 2. The third-order valence-electron chi connectivity index (χ3n) is 5.75. The Morgan fingerprint density at radius 1 is 1.08 bits per heavy atom. The molecule has 2 aromatic carbocycles. The summed E-state index contributed by atoms with van der Waals surface area (Å²) >= 11 is 0. The molecular formula is C26H23N9O. The van der Waals surface area contributed by atoms with Crippen LogP contribution in [0.4, 0.5) is 11.6 Å². The van der Waals surface area contributed by atoms with E-state index in [0.717, 1.165) is 16.8 Å². The fraction of sp³-hybridized carbons (Fsp3) is 0.154. The van der Waals surface area contributed by atoms with Gasteiger partial charge >= 0.3 is 0 Å². The number of tetrazole rings is 1. The summed E-state index contributed by atoms with van der Waals surface area (Å²) in [4.78, 5) is 23.8. The lowest BCUT2D eigenvalue weighted by atomic mass is 10.0. The summed E-state index contributed by atoms with van der Waals surface area (Å²) < 4.78 is 1.70. The number of fused-ring (bicyclic) bond motifs is 1. The van der Waals surface area contributed by atoms with E-state index < -0.39 is 0 Å². The molecule has 36 heavy (non-hydrogen) atoms. The summed E-state index contributed by atoms with van der Waals surface area (Å²) in [7, 11) is 1.66. The summed E-state index contributed by atoms with van der Waals surface area (Å²) in [5, 5.41) is 17.0. The molecular weight excluding hydrogens is 454 g/mol. The second kappa shape index (κ2) is 9.31. The number of aryl methyl sites for hydroxylation is 1. The number of rotatable bonds is 5. The minimum absolute atomic E-state index is 0.154. The van der Waals surface area contributed by atoms with Crippen molar-refractivity contribution in [3.63, 3.8) is 0 Å². The first kappa shape index (κ1) is 22.7. The maximum atomic E-state index is 13.9. The Bertz CT molecular complexity index is 1690. The molecule has 1 atom stereocenters. The van der Waals surface area contributed by atoms with Crippen LogP contribution in [0, 0.1) is 11.8 Å². The van der Waals surface area contributed by atoms with Gasteiger partial charge in [-0.05, 0) is 48.7 Å². The first-order valence-corrected chi connectivity index (χ1v) is 11.3. The van der Waals surface area contributed by atoms with Crippen LogP contribution in [0.3, 0.4) is 0 Å². The Morgan fingerprint density at radius 3 is 2.61 bits per heavy atom. The summed E-state index contributed by atoms with van der Waals surface area (Å²) in [5.74, 6) is 6.91. The van der Waals surface area contributed by atoms with E-state index in [1.165, 1.54) is 11.1 Å². The summed E-state index contributed by atoms with van der Waals surface area (Å²) in [6.45, 7) is 3.70. The number of nitrogens with one attached hydrogen (secondary N) is 1. The van der Waals surface area contributed by atoms with E-state index in [2.05, 4.69) is 42.5 Å². The van der Waals surface area contributed by atoms with Gasteiger partial charge in [0.2, 0.25) is 5.82 Å². The Labute approximate surface area is 206 Å². The molecule has 0 radical (unpaired) electrons. The lowest BCUT2D eigenvalue weighted by molar-refractivity contribution is 0.630. The van der Waals surface area contributed by atoms with Gasteiger partial charge in [0, 0.05) is 16.9 Å². The van der Waals surface area contributed by atoms with Crippen LogP contribution >= 0.6 is 0 Å². The first-order chi connectivity index (χ1) is 17.5. The summed E-state index contributed by atoms with van der Waals surface area (Å²) in [5.41, 5.74) is 8.61. The number of nitrogens with zero attached hydrogens (tertiary/aromatic N) is 7. The lowest BCUT2D eigenvalue weighted by Crippen LogP contribution is -2.26. The molecule has 0 saturated carbocycles. The van der Waals surface area contributed by atoms with Crippen LogP contribution in [-0.4, -0.2) is 34.7 Å². The molecule has 10 nitrogen and oxygen atoms in total. The molecule has 3 aromatic heterocycles. The van der Waals surface area contributed by atoms with E-state index in [1.54, 1.807) is 18.5 Å². The van der Waals surface area contributed by atoms with Crippen LogP contribution in [0.2, 0.25) is 0 Å². The molecule has 0 unspecified atom stereocenters. The van der Waals surface area contributed by atoms with Crippen molar-refractivity contribution in [3.8, 4) is 28.9 Å². The van der Waals surface area contributed by atoms with Crippen LogP contribution in [0.1, 0.15) is 31.1 Å². The van der Waals surface area contributed by atoms with Crippen molar-refractivity contribution in [2.75, 3.05) is 11.1 Å². The number of pyridine rings is 1. The minimum Gasteiger partial charge on any atom is -0.383 e. The van der Waals surface area contributed by atoms with Crippen molar-refractivity contribution in [1.29, 1.82) is 0 Å². The number of nitrogen functional groups attached to an aromatic ring is 1. The molecule has 0 bridgehead atoms. The highest BCUT2D eigenvalue weighted by Gasteiger charge is 2.22. The maximum absolute atomic E-state index is 13.9. The molecule has 0 aliphatic heterocycles. The maximum Gasteiger partial charge on any atom is 0.264 e. The predicted molar refractivity (Wildman–Crippen MR) is 138 cm³/mol. The third-order valence-corrected chi connectivity index (χ3v) is 5.75. The predicted octanol–water partition coefficient (Wildman–Crippen LogP) is 3.10. The van der Waals surface area contributed by atoms with Crippen LogP contribution in [-0.2, 0) is 7.05 Å². The number of nitrogens with two attached hydrogens (primary N) is 1. The van der Waals surface area contributed by atoms with Crippen LogP contribution in [0.25, 0.3) is 27.8 Å². The van der Waals surface area contributed by atoms with Gasteiger partial charge in [-0.3, -0.25) is 9.36 Å². The third kappa shape index (κ3) is 4.03. The monoisotopic (exact) mass is 477 g/mol. The molecule has 178 valence electrons. The largest absolute Gasteiger partial charge is 0.383 e. The molecule has 5 rings (SSSR count). The summed E-state index contributed by atoms with van der Waals surface area (Å²) in [6.07, 6.45) is 1.37. The van der Waals surface area contributed by atoms with E-state index in [4.69, 9.17) is 5.73 Å². The van der Waals surface area contributed by atoms with Gasteiger partial charge in [-0.1, -0.05) is 36.3 Å². The van der Waals surface area contributed by atoms with Gasteiger partial charge in [-0.25, -0.2) is 9.97 Å². The Kier molecular flexibility index (Phi) is 5.88. The highest BCUT2D eigenvalue weighted by atomic mass is 16.1. The zero-order valence-electron chi connectivity index (χ0n) is 20.0. The fourth-order valence-corrected chi connectivity index (χ4v) is 4.18. The Morgan fingerprint density at radius 2 is 1.89 bits per heavy atom. The van der Waals surface area contributed by atoms with Crippen molar-refractivity contribution in [1.82, 2.24) is 34.7 Å². The lowest BCUT2D eigenvalue weighted by Gasteiger charge is -2.22. The second-order valence-electron chi connectivity index (χ2n) is 8.14. The van der Waals surface area contributed by atoms with Crippen molar-refractivity contribution in [2.24, 2.45) is 7.05 Å². The van der Waals surface area contributed by atoms with E-state index >= 15 is 0 Å². The van der Waals surface area contributed by atoms with Gasteiger partial charge < -0.3 is 11.1 Å². The van der Waals surface area contributed by atoms with E-state index in [9.17, 15) is 4.79 Å². The highest BCUT2D eigenvalue weighted by Crippen LogP contribution is 2.31. The van der Waals surface area contributed by atoms with Crippen LogP contribution < -0.4 is 16.6 Å². The quantitative estimate of drug-likeness (QED) is 0.370. The average molecular weight is 478 g/mol. The highest BCUT2D eigenvalue weighted by molar-refractivity contribution is 5.88. The zero-order chi connectivity index (χ0) is 25.2.